The maximum absolute atomic E-state index is 6.16. The third kappa shape index (κ3) is 1.38. The lowest BCUT2D eigenvalue weighted by Gasteiger charge is -2.14. The number of anilines is 1. The van der Waals surface area contributed by atoms with Gasteiger partial charge in [0.2, 0.25) is 0 Å². The van der Waals surface area contributed by atoms with Crippen LogP contribution in [0.5, 0.6) is 0 Å². The summed E-state index contributed by atoms with van der Waals surface area (Å²) in [5, 5.41) is 10.4. The van der Waals surface area contributed by atoms with Crippen molar-refractivity contribution in [1.29, 1.82) is 0 Å². The molecule has 5 rings (SSSR count). The largest absolute Gasteiger partial charge is 0.398 e. The lowest BCUT2D eigenvalue weighted by molar-refractivity contribution is 1.51. The van der Waals surface area contributed by atoms with Gasteiger partial charge in [0.05, 0.1) is 0 Å². The van der Waals surface area contributed by atoms with Crippen molar-refractivity contribution in [3.63, 3.8) is 0 Å². The van der Waals surface area contributed by atoms with Crippen molar-refractivity contribution in [2.24, 2.45) is 0 Å². The predicted octanol–water partition coefficient (Wildman–Crippen LogP) is 5.63. The number of aryl methyl sites for hydroxylation is 1. The maximum atomic E-state index is 6.16. The van der Waals surface area contributed by atoms with E-state index < -0.39 is 0 Å². The molecule has 1 heteroatoms. The molecule has 1 nitrogen and oxygen atoms in total. The average molecular weight is 281 g/mol. The summed E-state index contributed by atoms with van der Waals surface area (Å²) in [5.74, 6) is 0. The molecule has 0 aromatic heterocycles. The van der Waals surface area contributed by atoms with Crippen molar-refractivity contribution >= 4 is 48.8 Å². The van der Waals surface area contributed by atoms with Gasteiger partial charge in [-0.15, -0.1) is 0 Å². The molecule has 0 spiro atoms. The van der Waals surface area contributed by atoms with Gasteiger partial charge in [-0.2, -0.15) is 0 Å². The fourth-order valence-electron chi connectivity index (χ4n) is 3.72. The Balaban J connectivity index is 2.16. The van der Waals surface area contributed by atoms with E-state index in [0.717, 1.165) is 11.3 Å². The normalized spacial score (nSPS) is 12.0. The van der Waals surface area contributed by atoms with Crippen molar-refractivity contribution in [1.82, 2.24) is 0 Å². The minimum Gasteiger partial charge on any atom is -0.398 e. The second-order valence-corrected chi connectivity index (χ2v) is 6.16. The van der Waals surface area contributed by atoms with Gasteiger partial charge in [0.15, 0.2) is 0 Å². The molecular formula is C21H15N. The zero-order valence-electron chi connectivity index (χ0n) is 12.4. The van der Waals surface area contributed by atoms with Crippen LogP contribution in [0.1, 0.15) is 5.56 Å². The monoisotopic (exact) mass is 281 g/mol. The SMILES string of the molecule is Cc1cc2cc3ccc4cccc5ccc(c2cc1N)c3c45. The smallest absolute Gasteiger partial charge is 0.0350 e. The molecule has 0 atom stereocenters. The molecule has 104 valence electrons. The molecule has 0 bridgehead atoms. The summed E-state index contributed by atoms with van der Waals surface area (Å²) in [7, 11) is 0. The fraction of sp³-hybridized carbons (Fsp3) is 0.0476. The summed E-state index contributed by atoms with van der Waals surface area (Å²) in [4.78, 5) is 0. The standard InChI is InChI=1S/C21H15N/c1-12-9-16-10-15-6-5-13-3-2-4-14-7-8-17(21(15)20(13)14)18(16)11-19(12)22/h2-11H,22H2,1H3. The van der Waals surface area contributed by atoms with Crippen LogP contribution in [0.4, 0.5) is 5.69 Å². The maximum Gasteiger partial charge on any atom is 0.0350 e. The first-order valence-electron chi connectivity index (χ1n) is 7.59. The van der Waals surface area contributed by atoms with E-state index in [-0.39, 0.29) is 0 Å². The summed E-state index contributed by atoms with van der Waals surface area (Å²) in [5.41, 5.74) is 8.16. The second-order valence-electron chi connectivity index (χ2n) is 6.16. The van der Waals surface area contributed by atoms with Gasteiger partial charge in [0, 0.05) is 5.69 Å². The molecule has 0 unspecified atom stereocenters. The first-order valence-corrected chi connectivity index (χ1v) is 7.59. The van der Waals surface area contributed by atoms with Crippen LogP contribution in [0.3, 0.4) is 0 Å². The Hall–Kier alpha value is -2.80. The van der Waals surface area contributed by atoms with Gasteiger partial charge in [-0.25, -0.2) is 0 Å². The summed E-state index contributed by atoms with van der Waals surface area (Å²) in [6, 6.07) is 22.0. The van der Waals surface area contributed by atoms with E-state index in [0.29, 0.717) is 0 Å². The van der Waals surface area contributed by atoms with Gasteiger partial charge in [-0.05, 0) is 73.8 Å². The van der Waals surface area contributed by atoms with Crippen LogP contribution in [0.2, 0.25) is 0 Å². The second kappa shape index (κ2) is 3.89. The first kappa shape index (κ1) is 11.8. The molecule has 0 fully saturated rings. The van der Waals surface area contributed by atoms with E-state index in [2.05, 4.69) is 67.6 Å². The molecular weight excluding hydrogens is 266 g/mol. The van der Waals surface area contributed by atoms with Crippen molar-refractivity contribution in [2.45, 2.75) is 6.92 Å². The molecule has 0 radical (unpaired) electrons. The Bertz CT molecular complexity index is 1170. The lowest BCUT2D eigenvalue weighted by Crippen LogP contribution is -1.91. The van der Waals surface area contributed by atoms with E-state index in [1.807, 2.05) is 0 Å². The summed E-state index contributed by atoms with van der Waals surface area (Å²) in [6.07, 6.45) is 0. The lowest BCUT2D eigenvalue weighted by atomic mass is 9.90. The molecule has 5 aromatic carbocycles. The third-order valence-corrected chi connectivity index (χ3v) is 4.85. The number of hydrogen-bond acceptors (Lipinski definition) is 1. The van der Waals surface area contributed by atoms with E-state index >= 15 is 0 Å². The molecule has 0 aliphatic rings. The Labute approximate surface area is 128 Å². The van der Waals surface area contributed by atoms with Crippen LogP contribution in [0.15, 0.2) is 60.7 Å². The number of fused-ring (bicyclic) bond motifs is 2. The zero-order valence-corrected chi connectivity index (χ0v) is 12.4. The fourth-order valence-corrected chi connectivity index (χ4v) is 3.72. The van der Waals surface area contributed by atoms with Crippen LogP contribution >= 0.6 is 0 Å². The molecule has 22 heavy (non-hydrogen) atoms. The van der Waals surface area contributed by atoms with Crippen LogP contribution in [-0.2, 0) is 0 Å². The highest BCUT2D eigenvalue weighted by molar-refractivity contribution is 6.29. The van der Waals surface area contributed by atoms with Crippen LogP contribution in [0, 0.1) is 6.92 Å². The Morgan fingerprint density at radius 2 is 1.36 bits per heavy atom. The van der Waals surface area contributed by atoms with Gasteiger partial charge >= 0.3 is 0 Å². The highest BCUT2D eigenvalue weighted by atomic mass is 14.6. The van der Waals surface area contributed by atoms with Crippen molar-refractivity contribution in [3.8, 4) is 0 Å². The minimum atomic E-state index is 0.863. The molecule has 0 saturated heterocycles. The summed E-state index contributed by atoms with van der Waals surface area (Å²) >= 11 is 0. The number of rotatable bonds is 0. The topological polar surface area (TPSA) is 26.0 Å². The number of hydrogen-bond donors (Lipinski definition) is 1. The molecule has 5 aromatic rings. The van der Waals surface area contributed by atoms with Crippen molar-refractivity contribution < 1.29 is 0 Å². The van der Waals surface area contributed by atoms with Crippen molar-refractivity contribution in [3.05, 3.63) is 66.2 Å². The van der Waals surface area contributed by atoms with Crippen molar-refractivity contribution in [2.75, 3.05) is 5.73 Å². The molecule has 2 N–H and O–H groups in total. The van der Waals surface area contributed by atoms with Crippen LogP contribution in [0.25, 0.3) is 43.1 Å². The highest BCUT2D eigenvalue weighted by Crippen LogP contribution is 2.39. The van der Waals surface area contributed by atoms with Gasteiger partial charge in [0.1, 0.15) is 0 Å². The zero-order chi connectivity index (χ0) is 14.8. The molecule has 0 aliphatic carbocycles. The van der Waals surface area contributed by atoms with Crippen LogP contribution < -0.4 is 5.73 Å². The van der Waals surface area contributed by atoms with Gasteiger partial charge < -0.3 is 5.73 Å². The molecule has 0 amide bonds. The van der Waals surface area contributed by atoms with E-state index in [1.165, 1.54) is 43.1 Å². The van der Waals surface area contributed by atoms with E-state index in [1.54, 1.807) is 0 Å². The van der Waals surface area contributed by atoms with Gasteiger partial charge in [0.25, 0.3) is 0 Å². The molecule has 0 heterocycles. The Kier molecular flexibility index (Phi) is 2.09. The summed E-state index contributed by atoms with van der Waals surface area (Å²) < 4.78 is 0. The molecule has 0 saturated carbocycles. The van der Waals surface area contributed by atoms with E-state index in [4.69, 9.17) is 5.73 Å². The van der Waals surface area contributed by atoms with Gasteiger partial charge in [-0.3, -0.25) is 0 Å². The Morgan fingerprint density at radius 3 is 2.18 bits per heavy atom. The number of nitrogens with two attached hydrogens (primary N) is 1. The van der Waals surface area contributed by atoms with Gasteiger partial charge in [-0.1, -0.05) is 42.5 Å². The number of nitrogen functional groups attached to an aromatic ring is 1. The predicted molar refractivity (Wildman–Crippen MR) is 96.8 cm³/mol. The van der Waals surface area contributed by atoms with E-state index in [9.17, 15) is 0 Å². The highest BCUT2D eigenvalue weighted by Gasteiger charge is 2.11. The number of benzene rings is 5. The third-order valence-electron chi connectivity index (χ3n) is 4.85. The molecule has 0 aliphatic heterocycles. The average Bonchev–Trinajstić information content (AvgIpc) is 2.54. The first-order chi connectivity index (χ1) is 10.7. The summed E-state index contributed by atoms with van der Waals surface area (Å²) in [6.45, 7) is 2.07. The Morgan fingerprint density at radius 1 is 0.636 bits per heavy atom. The quantitative estimate of drug-likeness (QED) is 0.222. The minimum absolute atomic E-state index is 0.863. The van der Waals surface area contributed by atoms with Crippen LogP contribution in [-0.4, -0.2) is 0 Å².